The van der Waals surface area contributed by atoms with Gasteiger partial charge < -0.3 is 9.47 Å². The number of nitro benzene ring substituents is 1. The molecule has 0 saturated carbocycles. The Labute approximate surface area is 185 Å². The average molecular weight is 456 g/mol. The molecule has 1 amide bonds. The molecule has 0 heterocycles. The number of hydrogen-bond donors (Lipinski definition) is 0. The molecule has 0 unspecified atom stereocenters. The molecular weight excluding hydrogens is 436 g/mol. The SMILES string of the molecule is CCOc1ccc(N(C(=O)COc2ccccc2[N+](=O)[O-])S(=O)(=O)c2ccccc2)cc1. The highest BCUT2D eigenvalue weighted by Crippen LogP contribution is 2.28. The van der Waals surface area contributed by atoms with Gasteiger partial charge in [-0.1, -0.05) is 30.3 Å². The summed E-state index contributed by atoms with van der Waals surface area (Å²) in [6, 6.07) is 19.0. The maximum Gasteiger partial charge on any atom is 0.310 e. The van der Waals surface area contributed by atoms with Gasteiger partial charge in [-0.05, 0) is 49.4 Å². The van der Waals surface area contributed by atoms with Crippen LogP contribution in [0.3, 0.4) is 0 Å². The van der Waals surface area contributed by atoms with Crippen molar-refractivity contribution in [3.8, 4) is 11.5 Å². The minimum atomic E-state index is -4.28. The molecule has 0 aliphatic rings. The van der Waals surface area contributed by atoms with Crippen molar-refractivity contribution in [1.82, 2.24) is 0 Å². The third kappa shape index (κ3) is 5.03. The summed E-state index contributed by atoms with van der Waals surface area (Å²) in [4.78, 5) is 23.5. The van der Waals surface area contributed by atoms with E-state index in [1.165, 1.54) is 60.7 Å². The van der Waals surface area contributed by atoms with E-state index in [0.717, 1.165) is 0 Å². The van der Waals surface area contributed by atoms with Gasteiger partial charge in [0.25, 0.3) is 15.9 Å². The van der Waals surface area contributed by atoms with Gasteiger partial charge in [-0.25, -0.2) is 8.42 Å². The number of nitro groups is 1. The van der Waals surface area contributed by atoms with Crippen LogP contribution in [0, 0.1) is 10.1 Å². The van der Waals surface area contributed by atoms with Crippen molar-refractivity contribution in [2.24, 2.45) is 0 Å². The van der Waals surface area contributed by atoms with Crippen LogP contribution in [0.25, 0.3) is 0 Å². The molecule has 0 fully saturated rings. The van der Waals surface area contributed by atoms with Gasteiger partial charge in [-0.15, -0.1) is 0 Å². The highest BCUT2D eigenvalue weighted by atomic mass is 32.2. The smallest absolute Gasteiger partial charge is 0.310 e. The molecule has 0 radical (unpaired) electrons. The summed E-state index contributed by atoms with van der Waals surface area (Å²) in [7, 11) is -4.28. The quantitative estimate of drug-likeness (QED) is 0.355. The molecule has 10 heteroatoms. The Morgan fingerprint density at radius 1 is 0.938 bits per heavy atom. The molecule has 0 spiro atoms. The minimum absolute atomic E-state index is 0.0773. The number of sulfonamides is 1. The van der Waals surface area contributed by atoms with Gasteiger partial charge in [0.1, 0.15) is 5.75 Å². The van der Waals surface area contributed by atoms with Gasteiger partial charge in [0.15, 0.2) is 12.4 Å². The number of amides is 1. The van der Waals surface area contributed by atoms with Crippen molar-refractivity contribution in [1.29, 1.82) is 0 Å². The van der Waals surface area contributed by atoms with Gasteiger partial charge in [-0.2, -0.15) is 4.31 Å². The Bertz CT molecular complexity index is 1200. The monoisotopic (exact) mass is 456 g/mol. The van der Waals surface area contributed by atoms with Crippen LogP contribution in [0.1, 0.15) is 6.92 Å². The number of ether oxygens (including phenoxy) is 2. The topological polar surface area (TPSA) is 116 Å². The molecule has 0 aliphatic carbocycles. The maximum absolute atomic E-state index is 13.3. The van der Waals surface area contributed by atoms with Crippen molar-refractivity contribution in [3.63, 3.8) is 0 Å². The highest BCUT2D eigenvalue weighted by molar-refractivity contribution is 7.93. The van der Waals surface area contributed by atoms with Gasteiger partial charge in [0.2, 0.25) is 0 Å². The fourth-order valence-electron chi connectivity index (χ4n) is 2.89. The first kappa shape index (κ1) is 22.8. The van der Waals surface area contributed by atoms with Crippen molar-refractivity contribution in [3.05, 3.63) is 89.0 Å². The van der Waals surface area contributed by atoms with E-state index in [1.807, 2.05) is 6.92 Å². The first-order valence-corrected chi connectivity index (χ1v) is 11.0. The zero-order valence-electron chi connectivity index (χ0n) is 17.1. The number of hydrogen-bond acceptors (Lipinski definition) is 7. The van der Waals surface area contributed by atoms with E-state index in [9.17, 15) is 23.3 Å². The largest absolute Gasteiger partial charge is 0.494 e. The Hall–Kier alpha value is -3.92. The van der Waals surface area contributed by atoms with Crippen molar-refractivity contribution < 1.29 is 27.6 Å². The molecule has 3 rings (SSSR count). The predicted molar refractivity (Wildman–Crippen MR) is 117 cm³/mol. The molecule has 166 valence electrons. The molecule has 3 aromatic rings. The normalized spacial score (nSPS) is 10.9. The van der Waals surface area contributed by atoms with E-state index in [-0.39, 0.29) is 22.0 Å². The molecule has 0 aliphatic heterocycles. The third-order valence-electron chi connectivity index (χ3n) is 4.30. The second-order valence-electron chi connectivity index (χ2n) is 6.42. The second-order valence-corrected chi connectivity index (χ2v) is 8.20. The van der Waals surface area contributed by atoms with E-state index in [4.69, 9.17) is 9.47 Å². The Balaban J connectivity index is 1.95. The number of carbonyl (C=O) groups excluding carboxylic acids is 1. The fourth-order valence-corrected chi connectivity index (χ4v) is 4.32. The van der Waals surface area contributed by atoms with Crippen LogP contribution in [0.2, 0.25) is 0 Å². The Morgan fingerprint density at radius 2 is 1.56 bits per heavy atom. The number of para-hydroxylation sites is 2. The van der Waals surface area contributed by atoms with Crippen LogP contribution in [-0.2, 0) is 14.8 Å². The number of carbonyl (C=O) groups is 1. The van der Waals surface area contributed by atoms with Crippen molar-refractivity contribution in [2.75, 3.05) is 17.5 Å². The van der Waals surface area contributed by atoms with Gasteiger partial charge in [0, 0.05) is 6.07 Å². The highest BCUT2D eigenvalue weighted by Gasteiger charge is 2.31. The van der Waals surface area contributed by atoms with E-state index >= 15 is 0 Å². The third-order valence-corrected chi connectivity index (χ3v) is 6.07. The van der Waals surface area contributed by atoms with Crippen LogP contribution >= 0.6 is 0 Å². The van der Waals surface area contributed by atoms with Crippen LogP contribution in [0.5, 0.6) is 11.5 Å². The number of rotatable bonds is 9. The lowest BCUT2D eigenvalue weighted by molar-refractivity contribution is -0.385. The summed E-state index contributed by atoms with van der Waals surface area (Å²) in [6.45, 7) is 1.50. The van der Waals surface area contributed by atoms with E-state index in [0.29, 0.717) is 16.7 Å². The summed E-state index contributed by atoms with van der Waals surface area (Å²) in [5.41, 5.74) is -0.257. The van der Waals surface area contributed by atoms with Gasteiger partial charge in [0.05, 0.1) is 22.1 Å². The summed E-state index contributed by atoms with van der Waals surface area (Å²) < 4.78 is 37.9. The average Bonchev–Trinajstić information content (AvgIpc) is 2.80. The van der Waals surface area contributed by atoms with Gasteiger partial charge in [-0.3, -0.25) is 14.9 Å². The van der Waals surface area contributed by atoms with Crippen LogP contribution in [0.4, 0.5) is 11.4 Å². The predicted octanol–water partition coefficient (Wildman–Crippen LogP) is 3.79. The molecular formula is C22H20N2O7S. The summed E-state index contributed by atoms with van der Waals surface area (Å²) in [6.07, 6.45) is 0. The van der Waals surface area contributed by atoms with Crippen molar-refractivity contribution >= 4 is 27.3 Å². The molecule has 0 bridgehead atoms. The summed E-state index contributed by atoms with van der Waals surface area (Å²) in [5.74, 6) is -0.553. The van der Waals surface area contributed by atoms with E-state index in [1.54, 1.807) is 18.2 Å². The Morgan fingerprint density at radius 3 is 2.19 bits per heavy atom. The zero-order valence-corrected chi connectivity index (χ0v) is 17.9. The standard InChI is InChI=1S/C22H20N2O7S/c1-2-30-18-14-12-17(13-15-18)23(32(28,29)19-8-4-3-5-9-19)22(25)16-31-21-11-7-6-10-20(21)24(26)27/h3-15H,2,16H2,1H3. The molecule has 9 nitrogen and oxygen atoms in total. The minimum Gasteiger partial charge on any atom is -0.494 e. The lowest BCUT2D eigenvalue weighted by atomic mass is 10.3. The van der Waals surface area contributed by atoms with E-state index in [2.05, 4.69) is 0 Å². The lowest BCUT2D eigenvalue weighted by Gasteiger charge is -2.23. The molecule has 0 N–H and O–H groups in total. The second kappa shape index (κ2) is 9.92. The number of nitrogens with zero attached hydrogens (tertiary/aromatic N) is 2. The van der Waals surface area contributed by atoms with Crippen LogP contribution in [-0.4, -0.2) is 32.5 Å². The summed E-state index contributed by atoms with van der Waals surface area (Å²) >= 11 is 0. The Kier molecular flexibility index (Phi) is 7.06. The van der Waals surface area contributed by atoms with E-state index < -0.39 is 27.5 Å². The zero-order chi connectivity index (χ0) is 23.1. The summed E-state index contributed by atoms with van der Waals surface area (Å²) in [5, 5.41) is 11.2. The molecule has 0 saturated heterocycles. The molecule has 32 heavy (non-hydrogen) atoms. The maximum atomic E-state index is 13.3. The first-order chi connectivity index (χ1) is 15.3. The van der Waals surface area contributed by atoms with Gasteiger partial charge >= 0.3 is 5.69 Å². The van der Waals surface area contributed by atoms with Crippen LogP contribution in [0.15, 0.2) is 83.8 Å². The fraction of sp³-hybridized carbons (Fsp3) is 0.136. The molecule has 0 aromatic heterocycles. The number of anilines is 1. The first-order valence-electron chi connectivity index (χ1n) is 9.57. The van der Waals surface area contributed by atoms with Crippen molar-refractivity contribution in [2.45, 2.75) is 11.8 Å². The van der Waals surface area contributed by atoms with Crippen LogP contribution < -0.4 is 13.8 Å². The number of benzene rings is 3. The molecule has 0 atom stereocenters. The molecule has 3 aromatic carbocycles. The lowest BCUT2D eigenvalue weighted by Crippen LogP contribution is -2.40.